The minimum Gasteiger partial charge on any atom is -0.480 e. The van der Waals surface area contributed by atoms with E-state index in [0.717, 1.165) is 42.7 Å². The van der Waals surface area contributed by atoms with Crippen molar-refractivity contribution >= 4 is 39.3 Å². The molecule has 2 saturated heterocycles. The fourth-order valence-corrected chi connectivity index (χ4v) is 6.01. The molecule has 0 unspecified atom stereocenters. The molecule has 220 valence electrons. The van der Waals surface area contributed by atoms with Gasteiger partial charge in [0.15, 0.2) is 0 Å². The monoisotopic (exact) mass is 584 g/mol. The minimum atomic E-state index is -4.12. The van der Waals surface area contributed by atoms with Crippen LogP contribution in [0.2, 0.25) is 0 Å². The van der Waals surface area contributed by atoms with Crippen molar-refractivity contribution in [3.63, 3.8) is 0 Å². The van der Waals surface area contributed by atoms with Gasteiger partial charge in [0, 0.05) is 44.0 Å². The first kappa shape index (κ1) is 30.0. The van der Waals surface area contributed by atoms with E-state index < -0.39 is 34.5 Å². The first-order valence-electron chi connectivity index (χ1n) is 13.6. The average molecular weight is 585 g/mol. The van der Waals surface area contributed by atoms with Gasteiger partial charge in [0.25, 0.3) is 0 Å². The Labute approximate surface area is 239 Å². The van der Waals surface area contributed by atoms with E-state index in [2.05, 4.69) is 14.9 Å². The van der Waals surface area contributed by atoms with E-state index in [4.69, 9.17) is 5.41 Å². The molecule has 2 heterocycles. The minimum absolute atomic E-state index is 0.0737. The molecular formula is C28H36N6O6S. The smallest absolute Gasteiger partial charge is 0.323 e. The summed E-state index contributed by atoms with van der Waals surface area (Å²) in [4.78, 5) is 42.3. The molecule has 2 aromatic rings. The maximum absolute atomic E-state index is 12.8. The summed E-state index contributed by atoms with van der Waals surface area (Å²) in [6, 6.07) is 11.9. The van der Waals surface area contributed by atoms with Crippen molar-refractivity contribution in [1.29, 1.82) is 5.41 Å². The third kappa shape index (κ3) is 7.82. The van der Waals surface area contributed by atoms with Crippen LogP contribution >= 0.6 is 0 Å². The highest BCUT2D eigenvalue weighted by atomic mass is 32.2. The third-order valence-electron chi connectivity index (χ3n) is 7.26. The number of likely N-dealkylation sites (tertiary alicyclic amines) is 1. The van der Waals surface area contributed by atoms with E-state index in [1.807, 2.05) is 29.2 Å². The van der Waals surface area contributed by atoms with Crippen molar-refractivity contribution in [3.05, 3.63) is 59.7 Å². The number of sulfonamides is 1. The maximum Gasteiger partial charge on any atom is 0.323 e. The number of carbonyl (C=O) groups is 3. The summed E-state index contributed by atoms with van der Waals surface area (Å²) in [5, 5.41) is 20.4. The highest BCUT2D eigenvalue weighted by Crippen LogP contribution is 2.20. The van der Waals surface area contributed by atoms with E-state index in [-0.39, 0.29) is 23.9 Å². The number of rotatable bonds is 10. The molecule has 0 radical (unpaired) electrons. The van der Waals surface area contributed by atoms with Crippen molar-refractivity contribution in [3.8, 4) is 0 Å². The van der Waals surface area contributed by atoms with Crippen molar-refractivity contribution in [2.45, 2.75) is 37.1 Å². The second kappa shape index (κ2) is 13.1. The summed E-state index contributed by atoms with van der Waals surface area (Å²) in [6.45, 7) is 3.70. The number of anilines is 1. The number of amides is 2. The van der Waals surface area contributed by atoms with Crippen LogP contribution in [0.5, 0.6) is 0 Å². The number of carbonyl (C=O) groups excluding carboxylic acids is 2. The van der Waals surface area contributed by atoms with Crippen LogP contribution in [-0.4, -0.2) is 98.8 Å². The zero-order chi connectivity index (χ0) is 29.6. The van der Waals surface area contributed by atoms with Gasteiger partial charge in [-0.1, -0.05) is 17.7 Å². The summed E-state index contributed by atoms with van der Waals surface area (Å²) >= 11 is 0. The number of piperazine rings is 1. The van der Waals surface area contributed by atoms with Crippen LogP contribution in [-0.2, 0) is 24.4 Å². The molecule has 2 amide bonds. The van der Waals surface area contributed by atoms with Gasteiger partial charge in [-0.3, -0.25) is 19.8 Å². The number of aliphatic carboxylic acids is 1. The van der Waals surface area contributed by atoms with Gasteiger partial charge >= 0.3 is 5.97 Å². The predicted octanol–water partition coefficient (Wildman–Crippen LogP) is 1.00. The van der Waals surface area contributed by atoms with Crippen LogP contribution in [0.25, 0.3) is 0 Å². The Morgan fingerprint density at radius 2 is 1.63 bits per heavy atom. The average Bonchev–Trinajstić information content (AvgIpc) is 2.96. The second-order valence-electron chi connectivity index (χ2n) is 10.3. The van der Waals surface area contributed by atoms with Crippen LogP contribution in [0, 0.1) is 12.3 Å². The maximum atomic E-state index is 12.8. The van der Waals surface area contributed by atoms with Gasteiger partial charge in [-0.25, -0.2) is 8.42 Å². The quantitative estimate of drug-likeness (QED) is 0.237. The number of nitrogens with one attached hydrogen (secondary N) is 3. The van der Waals surface area contributed by atoms with E-state index >= 15 is 0 Å². The molecule has 12 nitrogen and oxygen atoms in total. The first-order valence-corrected chi connectivity index (χ1v) is 15.1. The van der Waals surface area contributed by atoms with Gasteiger partial charge in [-0.2, -0.15) is 4.72 Å². The molecule has 2 aliphatic rings. The Morgan fingerprint density at radius 3 is 2.24 bits per heavy atom. The molecule has 0 spiro atoms. The summed E-state index contributed by atoms with van der Waals surface area (Å²) in [5.41, 5.74) is 2.53. The Kier molecular flexibility index (Phi) is 9.61. The highest BCUT2D eigenvalue weighted by Gasteiger charge is 2.28. The Balaban J connectivity index is 1.26. The number of carboxylic acids is 1. The molecule has 0 aromatic heterocycles. The van der Waals surface area contributed by atoms with Gasteiger partial charge < -0.3 is 25.1 Å². The van der Waals surface area contributed by atoms with Gasteiger partial charge in [-0.05, 0) is 62.6 Å². The number of carboxylic acid groups (broad SMARTS) is 1. The first-order chi connectivity index (χ1) is 19.5. The number of hydrogen-bond acceptors (Lipinski definition) is 7. The second-order valence-corrected chi connectivity index (χ2v) is 12.0. The molecule has 1 atom stereocenters. The predicted molar refractivity (Wildman–Crippen MR) is 153 cm³/mol. The van der Waals surface area contributed by atoms with Crippen molar-refractivity contribution in [2.24, 2.45) is 0 Å². The van der Waals surface area contributed by atoms with Crippen LogP contribution in [0.1, 0.15) is 30.4 Å². The molecule has 13 heteroatoms. The number of amidine groups is 1. The molecule has 0 bridgehead atoms. The lowest BCUT2D eigenvalue weighted by atomic mass is 10.1. The zero-order valence-electron chi connectivity index (χ0n) is 23.0. The van der Waals surface area contributed by atoms with Crippen molar-refractivity contribution in [1.82, 2.24) is 19.8 Å². The molecule has 2 aliphatic heterocycles. The molecule has 2 aromatic carbocycles. The van der Waals surface area contributed by atoms with E-state index in [0.29, 0.717) is 18.9 Å². The fourth-order valence-electron chi connectivity index (χ4n) is 4.82. The molecule has 4 N–H and O–H groups in total. The highest BCUT2D eigenvalue weighted by molar-refractivity contribution is 7.89. The van der Waals surface area contributed by atoms with Crippen LogP contribution < -0.4 is 14.9 Å². The Bertz CT molecular complexity index is 1370. The zero-order valence-corrected chi connectivity index (χ0v) is 23.8. The fraction of sp³-hybridized carbons (Fsp3) is 0.429. The Hall–Kier alpha value is -3.97. The SMILES string of the molecule is Cc1ccc(S(=O)(=O)N[C@@H](CNC(=O)CN2CCN(c3ccc(C(=N)N4CCCCC4)cc3)CC2=O)C(=O)O)cc1. The molecule has 0 saturated carbocycles. The topological polar surface area (TPSA) is 163 Å². The van der Waals surface area contributed by atoms with E-state index in [1.54, 1.807) is 19.1 Å². The number of aryl methyl sites for hydroxylation is 1. The van der Waals surface area contributed by atoms with Gasteiger partial charge in [0.1, 0.15) is 11.9 Å². The Morgan fingerprint density at radius 1 is 0.976 bits per heavy atom. The van der Waals surface area contributed by atoms with Gasteiger partial charge in [0.05, 0.1) is 18.0 Å². The van der Waals surface area contributed by atoms with Crippen LogP contribution in [0.3, 0.4) is 0 Å². The summed E-state index contributed by atoms with van der Waals surface area (Å²) in [5.74, 6) is -1.78. The normalized spacial score (nSPS) is 16.8. The summed E-state index contributed by atoms with van der Waals surface area (Å²) < 4.78 is 27.3. The lowest BCUT2D eigenvalue weighted by Gasteiger charge is -2.35. The number of nitrogens with zero attached hydrogens (tertiary/aromatic N) is 3. The molecule has 41 heavy (non-hydrogen) atoms. The van der Waals surface area contributed by atoms with Crippen LogP contribution in [0.4, 0.5) is 5.69 Å². The largest absolute Gasteiger partial charge is 0.480 e. The number of piperidine rings is 1. The third-order valence-corrected chi connectivity index (χ3v) is 8.75. The number of hydrogen-bond donors (Lipinski definition) is 4. The van der Waals surface area contributed by atoms with E-state index in [9.17, 15) is 27.9 Å². The van der Waals surface area contributed by atoms with Crippen molar-refractivity contribution in [2.75, 3.05) is 50.7 Å². The lowest BCUT2D eigenvalue weighted by molar-refractivity contribution is -0.139. The van der Waals surface area contributed by atoms with E-state index in [1.165, 1.54) is 23.5 Å². The lowest BCUT2D eigenvalue weighted by Crippen LogP contribution is -2.54. The summed E-state index contributed by atoms with van der Waals surface area (Å²) in [6.07, 6.45) is 3.39. The van der Waals surface area contributed by atoms with Crippen molar-refractivity contribution < 1.29 is 27.9 Å². The van der Waals surface area contributed by atoms with Crippen LogP contribution in [0.15, 0.2) is 53.4 Å². The molecule has 2 fully saturated rings. The summed E-state index contributed by atoms with van der Waals surface area (Å²) in [7, 11) is -4.12. The van der Waals surface area contributed by atoms with Gasteiger partial charge in [0.2, 0.25) is 21.8 Å². The molecular weight excluding hydrogens is 548 g/mol. The molecule has 0 aliphatic carbocycles. The number of benzene rings is 2. The standard InChI is InChI=1S/C28H36N6O6S/c1-20-5-11-23(12-6-20)41(39,40)31-24(28(37)38)17-30-25(35)18-34-16-15-33(19-26(34)36)22-9-7-21(8-10-22)27(29)32-13-3-2-4-14-32/h5-12,24,29,31H,2-4,13-19H2,1H3,(H,30,35)(H,37,38)/t24-/m0/s1. The van der Waals surface area contributed by atoms with Gasteiger partial charge in [-0.15, -0.1) is 0 Å². The molecule has 4 rings (SSSR count).